The van der Waals surface area contributed by atoms with Crippen molar-refractivity contribution in [3.8, 4) is 23.0 Å². The molecule has 0 unspecified atom stereocenters. The van der Waals surface area contributed by atoms with Gasteiger partial charge in [0, 0.05) is 12.1 Å². The number of hydrogen-bond donors (Lipinski definition) is 0. The normalized spacial score (nSPS) is 11.0. The van der Waals surface area contributed by atoms with Crippen LogP contribution in [0.5, 0.6) is 23.0 Å². The van der Waals surface area contributed by atoms with Crippen molar-refractivity contribution in [2.45, 2.75) is 0 Å². The van der Waals surface area contributed by atoms with Gasteiger partial charge >= 0.3 is 0 Å². The molecule has 0 aromatic heterocycles. The second-order valence-electron chi connectivity index (χ2n) is 6.23. The number of methoxy groups -OCH3 is 4. The Hall–Kier alpha value is -2.63. The van der Waals surface area contributed by atoms with E-state index in [0.717, 1.165) is 15.6 Å². The molecule has 6 heteroatoms. The van der Waals surface area contributed by atoms with E-state index in [-0.39, 0.29) is 0 Å². The van der Waals surface area contributed by atoms with E-state index >= 15 is 0 Å². The van der Waals surface area contributed by atoms with Crippen LogP contribution in [0.1, 0.15) is 0 Å². The quantitative estimate of drug-likeness (QED) is 0.338. The fourth-order valence-corrected chi connectivity index (χ4v) is 7.23. The summed E-state index contributed by atoms with van der Waals surface area (Å²) in [5.41, 5.74) is 0. The molecule has 0 N–H and O–H groups in total. The van der Waals surface area contributed by atoms with Crippen LogP contribution in [0.25, 0.3) is 0 Å². The van der Waals surface area contributed by atoms with Crippen LogP contribution in [-0.2, 0) is 0 Å². The highest BCUT2D eigenvalue weighted by Crippen LogP contribution is 2.25. The minimum Gasteiger partial charge on any atom is -0.497 e. The predicted molar refractivity (Wildman–Crippen MR) is 116 cm³/mol. The van der Waals surface area contributed by atoms with Gasteiger partial charge in [-0.3, -0.25) is 0 Å². The maximum Gasteiger partial charge on any atom is 0.248 e. The van der Waals surface area contributed by atoms with Crippen LogP contribution in [0.3, 0.4) is 0 Å². The highest BCUT2D eigenvalue weighted by molar-refractivity contribution is 7.40. The summed E-state index contributed by atoms with van der Waals surface area (Å²) in [7, 11) is 3.61. The summed E-state index contributed by atoms with van der Waals surface area (Å²) < 4.78 is 22.0. The third-order valence-corrected chi connectivity index (χ3v) is 9.93. The molecule has 0 spiro atoms. The molecule has 3 rings (SSSR count). The molecule has 0 aliphatic carbocycles. The van der Waals surface area contributed by atoms with Crippen LogP contribution in [-0.4, -0.2) is 35.8 Å². The van der Waals surface area contributed by atoms with Crippen molar-refractivity contribution in [3.05, 3.63) is 66.7 Å². The molecule has 0 amide bonds. The van der Waals surface area contributed by atoms with E-state index in [1.54, 1.807) is 28.4 Å². The van der Waals surface area contributed by atoms with Gasteiger partial charge in [0.05, 0.1) is 28.4 Å². The second kappa shape index (κ2) is 8.58. The highest BCUT2D eigenvalue weighted by atomic mass is 35.6. The molecule has 3 aromatic carbocycles. The lowest BCUT2D eigenvalue weighted by molar-refractivity contribution is 0.395. The van der Waals surface area contributed by atoms with Crippen molar-refractivity contribution in [2.24, 2.45) is 0 Å². The highest BCUT2D eigenvalue weighted by Gasteiger charge is 2.39. The SMILES string of the molecule is COc1cc(OC)cc([Si](Cl)(c2ccccc2)c2cc(OC)cc(OC)c2)c1. The van der Waals surface area contributed by atoms with Crippen LogP contribution in [0.4, 0.5) is 0 Å². The number of hydrogen-bond acceptors (Lipinski definition) is 4. The van der Waals surface area contributed by atoms with Gasteiger partial charge in [-0.05, 0) is 39.8 Å². The Balaban J connectivity index is 2.32. The minimum atomic E-state index is -2.92. The zero-order valence-corrected chi connectivity index (χ0v) is 18.1. The van der Waals surface area contributed by atoms with Crippen LogP contribution in [0, 0.1) is 0 Å². The van der Waals surface area contributed by atoms with Gasteiger partial charge in [0.1, 0.15) is 23.0 Å². The van der Waals surface area contributed by atoms with Gasteiger partial charge in [-0.1, -0.05) is 30.3 Å². The molecule has 0 aliphatic rings. The molecule has 3 aromatic rings. The standard InChI is InChI=1S/C22H23ClO4Si/c1-24-16-10-17(25-2)13-21(12-16)28(23,20-8-6-5-7-9-20)22-14-18(26-3)11-19(15-22)27-4/h5-15H,1-4H3. The first kappa shape index (κ1) is 20.1. The molecule has 28 heavy (non-hydrogen) atoms. The average Bonchev–Trinajstić information content (AvgIpc) is 2.78. The van der Waals surface area contributed by atoms with Crippen molar-refractivity contribution in [1.29, 1.82) is 0 Å². The van der Waals surface area contributed by atoms with E-state index in [1.165, 1.54) is 0 Å². The lowest BCUT2D eigenvalue weighted by atomic mass is 10.3. The maximum atomic E-state index is 7.55. The Bertz CT molecular complexity index is 847. The third kappa shape index (κ3) is 3.81. The summed E-state index contributed by atoms with van der Waals surface area (Å²) in [6, 6.07) is 21.6. The van der Waals surface area contributed by atoms with Crippen molar-refractivity contribution in [2.75, 3.05) is 28.4 Å². The maximum absolute atomic E-state index is 7.55. The van der Waals surface area contributed by atoms with Crippen LogP contribution < -0.4 is 34.5 Å². The van der Waals surface area contributed by atoms with Crippen molar-refractivity contribution in [3.63, 3.8) is 0 Å². The Kier molecular flexibility index (Phi) is 6.17. The minimum absolute atomic E-state index is 0.692. The van der Waals surface area contributed by atoms with Crippen LogP contribution in [0.15, 0.2) is 66.7 Å². The predicted octanol–water partition coefficient (Wildman–Crippen LogP) is 2.93. The molecule has 0 fully saturated rings. The van der Waals surface area contributed by atoms with E-state index in [0.29, 0.717) is 23.0 Å². The molecule has 0 heterocycles. The molecule has 0 aliphatic heterocycles. The Labute approximate surface area is 171 Å². The summed E-state index contributed by atoms with van der Waals surface area (Å²) in [6.07, 6.45) is 0. The van der Waals surface area contributed by atoms with Crippen LogP contribution in [0.2, 0.25) is 0 Å². The monoisotopic (exact) mass is 414 g/mol. The number of ether oxygens (including phenoxy) is 4. The molecule has 146 valence electrons. The zero-order valence-electron chi connectivity index (χ0n) is 16.4. The first-order chi connectivity index (χ1) is 13.5. The molecule has 0 bridgehead atoms. The second-order valence-corrected chi connectivity index (χ2v) is 11.0. The van der Waals surface area contributed by atoms with Gasteiger partial charge in [-0.25, -0.2) is 0 Å². The Morgan fingerprint density at radius 3 is 1.21 bits per heavy atom. The molecule has 0 atom stereocenters. The van der Waals surface area contributed by atoms with Gasteiger partial charge in [0.15, 0.2) is 0 Å². The lowest BCUT2D eigenvalue weighted by Gasteiger charge is -2.28. The summed E-state index contributed by atoms with van der Waals surface area (Å²) in [4.78, 5) is 0. The lowest BCUT2D eigenvalue weighted by Crippen LogP contribution is -2.62. The molecule has 4 nitrogen and oxygen atoms in total. The molecule has 0 radical (unpaired) electrons. The summed E-state index contributed by atoms with van der Waals surface area (Å²) in [6.45, 7) is 0. The first-order valence-electron chi connectivity index (χ1n) is 8.76. The van der Waals surface area contributed by atoms with Crippen molar-refractivity contribution in [1.82, 2.24) is 0 Å². The van der Waals surface area contributed by atoms with E-state index in [4.69, 9.17) is 30.0 Å². The third-order valence-electron chi connectivity index (χ3n) is 4.67. The van der Waals surface area contributed by atoms with Gasteiger partial charge in [0.2, 0.25) is 7.38 Å². The average molecular weight is 415 g/mol. The van der Waals surface area contributed by atoms with Crippen molar-refractivity contribution >= 4 is 34.0 Å². The topological polar surface area (TPSA) is 36.9 Å². The molecule has 0 saturated heterocycles. The van der Waals surface area contributed by atoms with E-state index < -0.39 is 7.38 Å². The van der Waals surface area contributed by atoms with Gasteiger partial charge in [0.25, 0.3) is 0 Å². The number of rotatable bonds is 7. The van der Waals surface area contributed by atoms with E-state index in [2.05, 4.69) is 12.1 Å². The fourth-order valence-electron chi connectivity index (χ4n) is 3.18. The number of benzene rings is 3. The fraction of sp³-hybridized carbons (Fsp3) is 0.182. The number of halogens is 1. The van der Waals surface area contributed by atoms with Gasteiger partial charge in [-0.2, -0.15) is 0 Å². The van der Waals surface area contributed by atoms with Crippen molar-refractivity contribution < 1.29 is 18.9 Å². The smallest absolute Gasteiger partial charge is 0.248 e. The Morgan fingerprint density at radius 2 is 0.893 bits per heavy atom. The van der Waals surface area contributed by atoms with E-state index in [9.17, 15) is 0 Å². The van der Waals surface area contributed by atoms with Crippen LogP contribution >= 0.6 is 11.1 Å². The van der Waals surface area contributed by atoms with Gasteiger partial charge < -0.3 is 18.9 Å². The largest absolute Gasteiger partial charge is 0.497 e. The first-order valence-corrected chi connectivity index (χ1v) is 11.8. The molecule has 0 saturated carbocycles. The molecular weight excluding hydrogens is 392 g/mol. The summed E-state index contributed by atoms with van der Waals surface area (Å²) in [5.74, 6) is 2.77. The zero-order chi connectivity index (χ0) is 20.1. The summed E-state index contributed by atoms with van der Waals surface area (Å²) in [5, 5.41) is 2.95. The Morgan fingerprint density at radius 1 is 0.536 bits per heavy atom. The molecular formula is C22H23ClO4Si. The van der Waals surface area contributed by atoms with E-state index in [1.807, 2.05) is 54.6 Å². The van der Waals surface area contributed by atoms with Gasteiger partial charge in [-0.15, -0.1) is 11.1 Å². The summed E-state index contributed by atoms with van der Waals surface area (Å²) >= 11 is 7.55.